The molecule has 21 heavy (non-hydrogen) atoms. The maximum Gasteiger partial charge on any atom is 0.323 e. The van der Waals surface area contributed by atoms with Crippen molar-refractivity contribution in [1.82, 2.24) is 0 Å². The van der Waals surface area contributed by atoms with Crippen LogP contribution in [-0.4, -0.2) is 38.7 Å². The number of carbonyl (C=O) groups is 3. The fraction of sp³-hybridized carbons (Fsp3) is 0.714. The van der Waals surface area contributed by atoms with Crippen molar-refractivity contribution in [2.45, 2.75) is 20.8 Å². The predicted molar refractivity (Wildman–Crippen MR) is 71.6 cm³/mol. The zero-order chi connectivity index (χ0) is 16.6. The lowest BCUT2D eigenvalue weighted by atomic mass is 9.75. The van der Waals surface area contributed by atoms with Crippen molar-refractivity contribution in [3.05, 3.63) is 0 Å². The quantitative estimate of drug-likeness (QED) is 0.391. The summed E-state index contributed by atoms with van der Waals surface area (Å²) in [6.07, 6.45) is 0. The van der Waals surface area contributed by atoms with Gasteiger partial charge in [-0.05, 0) is 12.8 Å². The standard InChI is InChI=1S/C14H21NO6/c1-6-21-12(16)9(7-15)10(8(2)3)11(13(17)19-4)14(18)20-5/h8-11H,6H2,1-5H3. The van der Waals surface area contributed by atoms with E-state index in [1.807, 2.05) is 6.07 Å². The van der Waals surface area contributed by atoms with Gasteiger partial charge in [-0.3, -0.25) is 14.4 Å². The van der Waals surface area contributed by atoms with E-state index in [4.69, 9.17) is 4.74 Å². The van der Waals surface area contributed by atoms with Gasteiger partial charge in [-0.15, -0.1) is 0 Å². The first-order valence-corrected chi connectivity index (χ1v) is 6.57. The molecule has 0 aromatic carbocycles. The van der Waals surface area contributed by atoms with Crippen LogP contribution in [-0.2, 0) is 28.6 Å². The number of nitriles is 1. The Balaban J connectivity index is 5.69. The number of carbonyl (C=O) groups excluding carboxylic acids is 3. The number of esters is 3. The van der Waals surface area contributed by atoms with Crippen LogP contribution in [0.1, 0.15) is 20.8 Å². The minimum Gasteiger partial charge on any atom is -0.468 e. The van der Waals surface area contributed by atoms with Gasteiger partial charge in [-0.2, -0.15) is 5.26 Å². The monoisotopic (exact) mass is 299 g/mol. The Morgan fingerprint density at radius 2 is 1.52 bits per heavy atom. The fourth-order valence-electron chi connectivity index (χ4n) is 2.15. The molecule has 0 aliphatic heterocycles. The number of rotatable bonds is 7. The van der Waals surface area contributed by atoms with Gasteiger partial charge in [0.15, 0.2) is 5.92 Å². The van der Waals surface area contributed by atoms with Gasteiger partial charge in [0.05, 0.1) is 26.9 Å². The first-order chi connectivity index (χ1) is 9.85. The van der Waals surface area contributed by atoms with E-state index in [1.54, 1.807) is 20.8 Å². The van der Waals surface area contributed by atoms with Gasteiger partial charge in [0.25, 0.3) is 0 Å². The maximum absolute atomic E-state index is 11.9. The summed E-state index contributed by atoms with van der Waals surface area (Å²) in [5, 5.41) is 9.25. The normalized spacial score (nSPS) is 13.2. The average molecular weight is 299 g/mol. The van der Waals surface area contributed by atoms with E-state index >= 15 is 0 Å². The summed E-state index contributed by atoms with van der Waals surface area (Å²) in [5.41, 5.74) is 0. The number of ether oxygens (including phenoxy) is 3. The third-order valence-corrected chi connectivity index (χ3v) is 3.13. The number of hydrogen-bond acceptors (Lipinski definition) is 7. The minimum absolute atomic E-state index is 0.100. The van der Waals surface area contributed by atoms with Crippen molar-refractivity contribution >= 4 is 17.9 Å². The number of methoxy groups -OCH3 is 2. The minimum atomic E-state index is -1.35. The molecule has 7 nitrogen and oxygen atoms in total. The molecule has 0 amide bonds. The molecule has 0 aromatic rings. The highest BCUT2D eigenvalue weighted by Gasteiger charge is 2.46. The second-order valence-electron chi connectivity index (χ2n) is 4.70. The van der Waals surface area contributed by atoms with Crippen LogP contribution in [0.15, 0.2) is 0 Å². The van der Waals surface area contributed by atoms with Crippen LogP contribution in [0.3, 0.4) is 0 Å². The van der Waals surface area contributed by atoms with Crippen molar-refractivity contribution in [1.29, 1.82) is 5.26 Å². The van der Waals surface area contributed by atoms with E-state index in [-0.39, 0.29) is 12.5 Å². The highest BCUT2D eigenvalue weighted by atomic mass is 16.5. The third kappa shape index (κ3) is 4.74. The molecule has 0 fully saturated rings. The lowest BCUT2D eigenvalue weighted by Crippen LogP contribution is -2.42. The van der Waals surface area contributed by atoms with Crippen LogP contribution >= 0.6 is 0 Å². The van der Waals surface area contributed by atoms with E-state index < -0.39 is 35.7 Å². The lowest BCUT2D eigenvalue weighted by Gasteiger charge is -2.28. The van der Waals surface area contributed by atoms with Gasteiger partial charge < -0.3 is 14.2 Å². The van der Waals surface area contributed by atoms with E-state index in [0.717, 1.165) is 14.2 Å². The summed E-state index contributed by atoms with van der Waals surface area (Å²) in [4.78, 5) is 35.6. The molecular weight excluding hydrogens is 278 g/mol. The van der Waals surface area contributed by atoms with E-state index in [1.165, 1.54) is 0 Å². The van der Waals surface area contributed by atoms with Gasteiger partial charge in [0.1, 0.15) is 5.92 Å². The summed E-state index contributed by atoms with van der Waals surface area (Å²) in [6, 6.07) is 1.82. The van der Waals surface area contributed by atoms with E-state index in [2.05, 4.69) is 9.47 Å². The largest absolute Gasteiger partial charge is 0.468 e. The number of nitrogens with zero attached hydrogens (tertiary/aromatic N) is 1. The molecule has 0 rings (SSSR count). The molecule has 0 heterocycles. The molecule has 0 aliphatic carbocycles. The summed E-state index contributed by atoms with van der Waals surface area (Å²) < 4.78 is 14.0. The molecule has 0 aliphatic rings. The molecule has 118 valence electrons. The highest BCUT2D eigenvalue weighted by Crippen LogP contribution is 2.31. The smallest absolute Gasteiger partial charge is 0.323 e. The van der Waals surface area contributed by atoms with Crippen LogP contribution < -0.4 is 0 Å². The van der Waals surface area contributed by atoms with E-state index in [0.29, 0.717) is 0 Å². The Bertz CT molecular complexity index is 410. The molecule has 0 saturated heterocycles. The Morgan fingerprint density at radius 3 is 1.81 bits per heavy atom. The molecule has 0 radical (unpaired) electrons. The molecule has 0 bridgehead atoms. The van der Waals surface area contributed by atoms with Gasteiger partial charge >= 0.3 is 17.9 Å². The van der Waals surface area contributed by atoms with Gasteiger partial charge in [0, 0.05) is 5.92 Å². The van der Waals surface area contributed by atoms with Crippen molar-refractivity contribution in [2.75, 3.05) is 20.8 Å². The average Bonchev–Trinajstić information content (AvgIpc) is 2.45. The highest BCUT2D eigenvalue weighted by molar-refractivity contribution is 5.96. The Kier molecular flexibility index (Phi) is 8.06. The second-order valence-corrected chi connectivity index (χ2v) is 4.70. The fourth-order valence-corrected chi connectivity index (χ4v) is 2.15. The topological polar surface area (TPSA) is 103 Å². The van der Waals surface area contributed by atoms with Gasteiger partial charge in [-0.1, -0.05) is 13.8 Å². The lowest BCUT2D eigenvalue weighted by molar-refractivity contribution is -0.165. The summed E-state index contributed by atoms with van der Waals surface area (Å²) in [5.74, 6) is -6.27. The van der Waals surface area contributed by atoms with Gasteiger partial charge in [0.2, 0.25) is 0 Å². The van der Waals surface area contributed by atoms with Crippen molar-refractivity contribution in [3.63, 3.8) is 0 Å². The molecule has 0 aromatic heterocycles. The number of hydrogen-bond donors (Lipinski definition) is 0. The SMILES string of the molecule is CCOC(=O)C(C#N)C(C(C)C)C(C(=O)OC)C(=O)OC. The predicted octanol–water partition coefficient (Wildman–Crippen LogP) is 0.924. The molecular formula is C14H21NO6. The summed E-state index contributed by atoms with van der Waals surface area (Å²) >= 11 is 0. The molecule has 0 saturated carbocycles. The summed E-state index contributed by atoms with van der Waals surface area (Å²) in [6.45, 7) is 5.11. The van der Waals surface area contributed by atoms with Crippen LogP contribution in [0.2, 0.25) is 0 Å². The third-order valence-electron chi connectivity index (χ3n) is 3.13. The van der Waals surface area contributed by atoms with Crippen LogP contribution in [0.4, 0.5) is 0 Å². The van der Waals surface area contributed by atoms with Crippen molar-refractivity contribution < 1.29 is 28.6 Å². The maximum atomic E-state index is 11.9. The van der Waals surface area contributed by atoms with Crippen LogP contribution in [0.5, 0.6) is 0 Å². The van der Waals surface area contributed by atoms with Crippen molar-refractivity contribution in [2.24, 2.45) is 23.7 Å². The Labute approximate surface area is 124 Å². The molecule has 0 spiro atoms. The van der Waals surface area contributed by atoms with Gasteiger partial charge in [-0.25, -0.2) is 0 Å². The van der Waals surface area contributed by atoms with Crippen LogP contribution in [0, 0.1) is 35.0 Å². The molecule has 2 unspecified atom stereocenters. The molecule has 2 atom stereocenters. The first kappa shape index (κ1) is 18.9. The molecule has 0 N–H and O–H groups in total. The zero-order valence-corrected chi connectivity index (χ0v) is 12.9. The second kappa shape index (κ2) is 8.95. The van der Waals surface area contributed by atoms with Crippen LogP contribution in [0.25, 0.3) is 0 Å². The molecule has 7 heteroatoms. The Hall–Kier alpha value is -2.10. The van der Waals surface area contributed by atoms with E-state index in [9.17, 15) is 19.6 Å². The summed E-state index contributed by atoms with van der Waals surface area (Å²) in [7, 11) is 2.25. The first-order valence-electron chi connectivity index (χ1n) is 6.57. The van der Waals surface area contributed by atoms with Crippen molar-refractivity contribution in [3.8, 4) is 6.07 Å². The Morgan fingerprint density at radius 1 is 1.05 bits per heavy atom. The zero-order valence-electron chi connectivity index (χ0n) is 12.9.